The predicted molar refractivity (Wildman–Crippen MR) is 132 cm³/mol. The maximum absolute atomic E-state index is 13.9. The monoisotopic (exact) mass is 500 g/mol. The van der Waals surface area contributed by atoms with E-state index in [2.05, 4.69) is 16.8 Å². The summed E-state index contributed by atoms with van der Waals surface area (Å²) in [6.45, 7) is 4.73. The number of Topliss-reactive ketones (excluding diaryl/α,β-unsaturated/α-hetero) is 1. The number of hydrogen-bond acceptors (Lipinski definition) is 6. The molecule has 0 saturated carbocycles. The molecule has 0 saturated heterocycles. The van der Waals surface area contributed by atoms with E-state index in [9.17, 15) is 13.6 Å². The quantitative estimate of drug-likeness (QED) is 0.199. The number of rotatable bonds is 12. The number of aromatic nitrogens is 1. The van der Waals surface area contributed by atoms with E-state index in [4.69, 9.17) is 9.47 Å². The van der Waals surface area contributed by atoms with Crippen molar-refractivity contribution in [2.45, 2.75) is 65.1 Å². The Bertz CT molecular complexity index is 1160. The van der Waals surface area contributed by atoms with Crippen molar-refractivity contribution >= 4 is 17.1 Å². The second kappa shape index (κ2) is 11.3. The molecule has 5 nitrogen and oxygen atoms in total. The van der Waals surface area contributed by atoms with Crippen LogP contribution in [0.2, 0.25) is 0 Å². The Balaban J connectivity index is 1.52. The second-order valence-electron chi connectivity index (χ2n) is 8.93. The summed E-state index contributed by atoms with van der Waals surface area (Å²) in [6.07, 6.45) is 3.48. The van der Waals surface area contributed by atoms with Crippen LogP contribution in [0, 0.1) is 0 Å². The van der Waals surface area contributed by atoms with Gasteiger partial charge in [-0.1, -0.05) is 44.0 Å². The van der Waals surface area contributed by atoms with Gasteiger partial charge in [-0.05, 0) is 35.7 Å². The van der Waals surface area contributed by atoms with Gasteiger partial charge in [0.15, 0.2) is 17.3 Å². The van der Waals surface area contributed by atoms with Gasteiger partial charge in [0.25, 0.3) is 5.92 Å². The van der Waals surface area contributed by atoms with Crippen LogP contribution in [-0.2, 0) is 25.6 Å². The Morgan fingerprint density at radius 2 is 1.83 bits per heavy atom. The first-order valence-electron chi connectivity index (χ1n) is 11.9. The molecular formula is C27H30F2N2O3S. The molecule has 1 aliphatic rings. The van der Waals surface area contributed by atoms with E-state index < -0.39 is 5.92 Å². The zero-order chi connectivity index (χ0) is 24.8. The predicted octanol–water partition coefficient (Wildman–Crippen LogP) is 6.95. The average Bonchev–Trinajstić information content (AvgIpc) is 3.48. The summed E-state index contributed by atoms with van der Waals surface area (Å²) >= 11 is 1.46. The smallest absolute Gasteiger partial charge is 0.270 e. The molecule has 0 aliphatic carbocycles. The number of benzene rings is 2. The summed E-state index contributed by atoms with van der Waals surface area (Å²) in [5, 5.41) is 2.64. The summed E-state index contributed by atoms with van der Waals surface area (Å²) in [5.41, 5.74) is 2.31. The minimum Gasteiger partial charge on any atom is -0.454 e. The van der Waals surface area contributed by atoms with Crippen molar-refractivity contribution in [1.29, 1.82) is 0 Å². The molecule has 1 aliphatic heterocycles. The number of ether oxygens (including phenoxy) is 2. The van der Waals surface area contributed by atoms with E-state index in [0.717, 1.165) is 42.3 Å². The molecule has 8 heteroatoms. The molecule has 0 atom stereocenters. The van der Waals surface area contributed by atoms with Crippen molar-refractivity contribution < 1.29 is 23.0 Å². The fraction of sp³-hybridized carbons (Fsp3) is 0.407. The van der Waals surface area contributed by atoms with Crippen LogP contribution in [0.4, 0.5) is 8.78 Å². The molecule has 0 unspecified atom stereocenters. The first kappa shape index (κ1) is 25.3. The third-order valence-corrected chi connectivity index (χ3v) is 6.72. The van der Waals surface area contributed by atoms with E-state index in [-0.39, 0.29) is 18.1 Å². The van der Waals surface area contributed by atoms with Crippen molar-refractivity contribution in [3.63, 3.8) is 0 Å². The number of unbranched alkanes of at least 4 members (excludes halogenated alkanes) is 2. The lowest BCUT2D eigenvalue weighted by Crippen LogP contribution is -2.23. The van der Waals surface area contributed by atoms with E-state index >= 15 is 0 Å². The summed E-state index contributed by atoms with van der Waals surface area (Å²) in [7, 11) is 0. The van der Waals surface area contributed by atoms with Crippen LogP contribution in [0.5, 0.6) is 11.5 Å². The molecule has 0 bridgehead atoms. The molecule has 4 rings (SSSR count). The number of fused-ring (bicyclic) bond motifs is 1. The lowest BCUT2D eigenvalue weighted by Gasteiger charge is -2.22. The number of carbonyl (C=O) groups excluding carboxylic acids is 1. The summed E-state index contributed by atoms with van der Waals surface area (Å²) < 4.78 is 38.7. The molecule has 3 aromatic rings. The fourth-order valence-electron chi connectivity index (χ4n) is 4.03. The van der Waals surface area contributed by atoms with Gasteiger partial charge in [-0.25, -0.2) is 13.8 Å². The van der Waals surface area contributed by atoms with Crippen LogP contribution in [0.1, 0.15) is 71.7 Å². The molecular weight excluding hydrogens is 470 g/mol. The zero-order valence-corrected chi connectivity index (χ0v) is 20.9. The molecule has 0 N–H and O–H groups in total. The van der Waals surface area contributed by atoms with Gasteiger partial charge in [0.1, 0.15) is 10.7 Å². The van der Waals surface area contributed by atoms with Gasteiger partial charge < -0.3 is 9.47 Å². The Kier molecular flexibility index (Phi) is 8.13. The van der Waals surface area contributed by atoms with E-state index in [1.54, 1.807) is 12.1 Å². The number of ketones is 1. The van der Waals surface area contributed by atoms with E-state index in [0.29, 0.717) is 43.2 Å². The number of nitrogens with zero attached hydrogens (tertiary/aromatic N) is 2. The Labute approximate surface area is 208 Å². The van der Waals surface area contributed by atoms with Gasteiger partial charge in [-0.15, -0.1) is 11.3 Å². The van der Waals surface area contributed by atoms with Crippen molar-refractivity contribution in [1.82, 2.24) is 9.88 Å². The van der Waals surface area contributed by atoms with Crippen LogP contribution in [0.15, 0.2) is 47.8 Å². The minimum absolute atomic E-state index is 0.00718. The highest BCUT2D eigenvalue weighted by molar-refractivity contribution is 7.09. The number of hydrogen-bond donors (Lipinski definition) is 0. The van der Waals surface area contributed by atoms with E-state index in [1.807, 2.05) is 29.6 Å². The molecule has 2 heterocycles. The van der Waals surface area contributed by atoms with Crippen LogP contribution in [0.3, 0.4) is 0 Å². The number of thiazole rings is 1. The lowest BCUT2D eigenvalue weighted by atomic mass is 10.1. The Hall–Kier alpha value is -2.84. The number of alkyl halides is 2. The average molecular weight is 501 g/mol. The van der Waals surface area contributed by atoms with Gasteiger partial charge in [-0.2, -0.15) is 0 Å². The van der Waals surface area contributed by atoms with Gasteiger partial charge in [0, 0.05) is 37.4 Å². The third kappa shape index (κ3) is 6.86. The first-order chi connectivity index (χ1) is 16.8. The Morgan fingerprint density at radius 3 is 2.60 bits per heavy atom. The molecule has 2 aromatic carbocycles. The summed E-state index contributed by atoms with van der Waals surface area (Å²) in [4.78, 5) is 19.2. The van der Waals surface area contributed by atoms with Gasteiger partial charge in [0.05, 0.1) is 6.54 Å². The van der Waals surface area contributed by atoms with Crippen molar-refractivity contribution in [3.8, 4) is 11.5 Å². The second-order valence-corrected chi connectivity index (χ2v) is 9.87. The molecule has 35 heavy (non-hydrogen) atoms. The zero-order valence-electron chi connectivity index (χ0n) is 20.1. The first-order valence-corrected chi connectivity index (χ1v) is 12.8. The van der Waals surface area contributed by atoms with Gasteiger partial charge >= 0.3 is 0 Å². The minimum atomic E-state index is -2.90. The van der Waals surface area contributed by atoms with Crippen LogP contribution in [0.25, 0.3) is 0 Å². The lowest BCUT2D eigenvalue weighted by molar-refractivity contribution is 0.0173. The number of halogens is 2. The molecule has 0 radical (unpaired) electrons. The maximum atomic E-state index is 13.9. The summed E-state index contributed by atoms with van der Waals surface area (Å²) in [5.74, 6) is -1.42. The van der Waals surface area contributed by atoms with Crippen LogP contribution >= 0.6 is 11.3 Å². The van der Waals surface area contributed by atoms with Crippen LogP contribution in [-0.4, -0.2) is 22.5 Å². The molecule has 0 spiro atoms. The van der Waals surface area contributed by atoms with Crippen LogP contribution < -0.4 is 9.47 Å². The maximum Gasteiger partial charge on any atom is 0.270 e. The third-order valence-electron chi connectivity index (χ3n) is 5.89. The Morgan fingerprint density at radius 1 is 1.06 bits per heavy atom. The normalized spacial score (nSPS) is 12.9. The van der Waals surface area contributed by atoms with Crippen molar-refractivity contribution in [2.75, 3.05) is 6.79 Å². The standard InChI is InChI=1S/C27H30F2N2O3S/c1-3-4-5-9-23(32)22-17-35-26(30-22)16-31(14-19-7-6-8-21(12-19)27(2,28)29)15-20-10-11-24-25(13-20)34-18-33-24/h6-8,10-13,17H,3-5,9,14-16,18H2,1-2H3. The highest BCUT2D eigenvalue weighted by atomic mass is 32.1. The fourth-order valence-corrected chi connectivity index (χ4v) is 4.87. The molecule has 186 valence electrons. The topological polar surface area (TPSA) is 51.7 Å². The van der Waals surface area contributed by atoms with Crippen molar-refractivity contribution in [2.24, 2.45) is 0 Å². The SMILES string of the molecule is CCCCCC(=O)c1csc(CN(Cc2cccc(C(C)(F)F)c2)Cc2ccc3c(c2)OCO3)n1. The van der Waals surface area contributed by atoms with Crippen molar-refractivity contribution in [3.05, 3.63) is 75.2 Å². The van der Waals surface area contributed by atoms with Gasteiger partial charge in [0.2, 0.25) is 6.79 Å². The van der Waals surface area contributed by atoms with Gasteiger partial charge in [-0.3, -0.25) is 9.69 Å². The molecule has 0 amide bonds. The number of carbonyl (C=O) groups is 1. The summed E-state index contributed by atoms with van der Waals surface area (Å²) in [6, 6.07) is 12.3. The molecule has 0 fully saturated rings. The largest absolute Gasteiger partial charge is 0.454 e. The molecule has 1 aromatic heterocycles. The highest BCUT2D eigenvalue weighted by Gasteiger charge is 2.24. The van der Waals surface area contributed by atoms with E-state index in [1.165, 1.54) is 17.4 Å². The highest BCUT2D eigenvalue weighted by Crippen LogP contribution is 2.33.